The first kappa shape index (κ1) is 12.6. The molecule has 0 atom stereocenters. The van der Waals surface area contributed by atoms with Gasteiger partial charge in [0.05, 0.1) is 0 Å². The van der Waals surface area contributed by atoms with Crippen molar-refractivity contribution in [2.45, 2.75) is 13.3 Å². The Morgan fingerprint density at radius 1 is 1.56 bits per heavy atom. The molecule has 0 heterocycles. The highest BCUT2D eigenvalue weighted by Gasteiger charge is 2.00. The van der Waals surface area contributed by atoms with Gasteiger partial charge in [-0.1, -0.05) is 18.5 Å². The van der Waals surface area contributed by atoms with E-state index < -0.39 is 5.97 Å². The zero-order valence-electron chi connectivity index (χ0n) is 8.94. The number of carbonyl (C=O) groups is 1. The molecule has 0 bridgehead atoms. The van der Waals surface area contributed by atoms with Crippen LogP contribution in [0.25, 0.3) is 0 Å². The fourth-order valence-corrected chi connectivity index (χ4v) is 1.46. The van der Waals surface area contributed by atoms with Gasteiger partial charge in [-0.05, 0) is 36.3 Å². The van der Waals surface area contributed by atoms with E-state index in [1.165, 1.54) is 6.08 Å². The molecular formula is C12H13ClO3. The van der Waals surface area contributed by atoms with Gasteiger partial charge in [0.1, 0.15) is 12.4 Å². The zero-order chi connectivity index (χ0) is 12.0. The normalized spacial score (nSPS) is 10.6. The molecule has 0 radical (unpaired) electrons. The fourth-order valence-electron chi connectivity index (χ4n) is 1.21. The number of hydrogen-bond acceptors (Lipinski definition) is 2. The van der Waals surface area contributed by atoms with E-state index in [9.17, 15) is 4.79 Å². The third-order valence-corrected chi connectivity index (χ3v) is 2.37. The van der Waals surface area contributed by atoms with Crippen molar-refractivity contribution in [3.63, 3.8) is 0 Å². The predicted octanol–water partition coefficient (Wildman–Crippen LogP) is 2.92. The Kier molecular flexibility index (Phi) is 4.86. The molecule has 0 saturated heterocycles. The largest absolute Gasteiger partial charge is 0.490 e. The van der Waals surface area contributed by atoms with Crippen LogP contribution < -0.4 is 4.74 Å². The minimum atomic E-state index is -0.978. The summed E-state index contributed by atoms with van der Waals surface area (Å²) in [4.78, 5) is 10.2. The predicted molar refractivity (Wildman–Crippen MR) is 63.1 cm³/mol. The number of aryl methyl sites for hydroxylation is 1. The SMILES string of the molecule is CCc1cc(OCC=CC(=O)O)ccc1Cl. The molecular weight excluding hydrogens is 228 g/mol. The first-order valence-electron chi connectivity index (χ1n) is 4.94. The number of benzene rings is 1. The molecule has 0 aliphatic carbocycles. The molecule has 0 fully saturated rings. The molecule has 86 valence electrons. The van der Waals surface area contributed by atoms with Crippen LogP contribution in [0.15, 0.2) is 30.4 Å². The lowest BCUT2D eigenvalue weighted by molar-refractivity contribution is -0.131. The Labute approximate surface area is 99.3 Å². The van der Waals surface area contributed by atoms with Crippen molar-refractivity contribution in [2.24, 2.45) is 0 Å². The molecule has 1 aromatic carbocycles. The second kappa shape index (κ2) is 6.18. The summed E-state index contributed by atoms with van der Waals surface area (Å²) < 4.78 is 5.35. The maximum absolute atomic E-state index is 10.2. The van der Waals surface area contributed by atoms with E-state index in [0.717, 1.165) is 23.1 Å². The summed E-state index contributed by atoms with van der Waals surface area (Å²) in [5, 5.41) is 9.09. The first-order chi connectivity index (χ1) is 7.63. The Hall–Kier alpha value is -1.48. The van der Waals surface area contributed by atoms with Crippen LogP contribution in [0.5, 0.6) is 5.75 Å². The second-order valence-electron chi connectivity index (χ2n) is 3.16. The third-order valence-electron chi connectivity index (χ3n) is 2.00. The lowest BCUT2D eigenvalue weighted by Gasteiger charge is -2.06. The molecule has 1 rings (SSSR count). The van der Waals surface area contributed by atoms with Gasteiger partial charge in [0, 0.05) is 11.1 Å². The van der Waals surface area contributed by atoms with E-state index in [4.69, 9.17) is 21.4 Å². The van der Waals surface area contributed by atoms with Gasteiger partial charge in [-0.2, -0.15) is 0 Å². The molecule has 0 spiro atoms. The lowest BCUT2D eigenvalue weighted by atomic mass is 10.1. The average Bonchev–Trinajstić information content (AvgIpc) is 2.26. The van der Waals surface area contributed by atoms with Crippen molar-refractivity contribution in [1.29, 1.82) is 0 Å². The van der Waals surface area contributed by atoms with Gasteiger partial charge in [0.15, 0.2) is 0 Å². The van der Waals surface area contributed by atoms with Crippen molar-refractivity contribution >= 4 is 17.6 Å². The van der Waals surface area contributed by atoms with Crippen LogP contribution >= 0.6 is 11.6 Å². The lowest BCUT2D eigenvalue weighted by Crippen LogP contribution is -1.96. The van der Waals surface area contributed by atoms with E-state index in [0.29, 0.717) is 5.75 Å². The van der Waals surface area contributed by atoms with Crippen LogP contribution in [0.1, 0.15) is 12.5 Å². The van der Waals surface area contributed by atoms with Gasteiger partial charge in [0.2, 0.25) is 0 Å². The highest BCUT2D eigenvalue weighted by molar-refractivity contribution is 6.31. The first-order valence-corrected chi connectivity index (χ1v) is 5.32. The van der Waals surface area contributed by atoms with E-state index in [2.05, 4.69) is 0 Å². The highest BCUT2D eigenvalue weighted by atomic mass is 35.5. The van der Waals surface area contributed by atoms with Crippen LogP contribution in [-0.4, -0.2) is 17.7 Å². The Balaban J connectivity index is 2.58. The van der Waals surface area contributed by atoms with Gasteiger partial charge in [-0.15, -0.1) is 0 Å². The zero-order valence-corrected chi connectivity index (χ0v) is 9.70. The van der Waals surface area contributed by atoms with Crippen molar-refractivity contribution in [3.05, 3.63) is 40.9 Å². The molecule has 0 aromatic heterocycles. The number of rotatable bonds is 5. The summed E-state index contributed by atoms with van der Waals surface area (Å²) in [6, 6.07) is 5.39. The fraction of sp³-hybridized carbons (Fsp3) is 0.250. The monoisotopic (exact) mass is 240 g/mol. The van der Waals surface area contributed by atoms with Gasteiger partial charge >= 0.3 is 5.97 Å². The molecule has 1 aromatic rings. The molecule has 1 N–H and O–H groups in total. The number of aliphatic carboxylic acids is 1. The molecule has 3 nitrogen and oxygen atoms in total. The van der Waals surface area contributed by atoms with Gasteiger partial charge < -0.3 is 9.84 Å². The maximum atomic E-state index is 10.2. The molecule has 0 amide bonds. The van der Waals surface area contributed by atoms with Gasteiger partial charge in [-0.25, -0.2) is 4.79 Å². The van der Waals surface area contributed by atoms with Crippen LogP contribution in [0.3, 0.4) is 0 Å². The molecule has 4 heteroatoms. The Bertz CT molecular complexity index is 399. The van der Waals surface area contributed by atoms with Crippen LogP contribution in [-0.2, 0) is 11.2 Å². The topological polar surface area (TPSA) is 46.5 Å². The van der Waals surface area contributed by atoms with E-state index in [1.807, 2.05) is 13.0 Å². The van der Waals surface area contributed by atoms with Gasteiger partial charge in [-0.3, -0.25) is 0 Å². The van der Waals surface area contributed by atoms with Crippen molar-refractivity contribution in [3.8, 4) is 5.75 Å². The van der Waals surface area contributed by atoms with Crippen molar-refractivity contribution in [2.75, 3.05) is 6.61 Å². The molecule has 0 unspecified atom stereocenters. The third kappa shape index (κ3) is 3.95. The summed E-state index contributed by atoms with van der Waals surface area (Å²) in [6.07, 6.45) is 3.33. The molecule has 0 aliphatic rings. The number of carboxylic acids is 1. The van der Waals surface area contributed by atoms with Crippen LogP contribution in [0.4, 0.5) is 0 Å². The average molecular weight is 241 g/mol. The smallest absolute Gasteiger partial charge is 0.328 e. The van der Waals surface area contributed by atoms with Crippen LogP contribution in [0, 0.1) is 0 Å². The van der Waals surface area contributed by atoms with Crippen molar-refractivity contribution < 1.29 is 14.6 Å². The summed E-state index contributed by atoms with van der Waals surface area (Å²) in [5.41, 5.74) is 1.02. The van der Waals surface area contributed by atoms with E-state index in [1.54, 1.807) is 12.1 Å². The Morgan fingerprint density at radius 3 is 2.94 bits per heavy atom. The number of hydrogen-bond donors (Lipinski definition) is 1. The van der Waals surface area contributed by atoms with Crippen molar-refractivity contribution in [1.82, 2.24) is 0 Å². The summed E-state index contributed by atoms with van der Waals surface area (Å²) in [5.74, 6) is -0.287. The van der Waals surface area contributed by atoms with Crippen LogP contribution in [0.2, 0.25) is 5.02 Å². The van der Waals surface area contributed by atoms with Gasteiger partial charge in [0.25, 0.3) is 0 Å². The molecule has 0 aliphatic heterocycles. The Morgan fingerprint density at radius 2 is 2.31 bits per heavy atom. The standard InChI is InChI=1S/C12H13ClO3/c1-2-9-8-10(5-6-11(9)13)16-7-3-4-12(14)15/h3-6,8H,2,7H2,1H3,(H,14,15). The number of halogens is 1. The molecule has 0 saturated carbocycles. The quantitative estimate of drug-likeness (QED) is 0.805. The maximum Gasteiger partial charge on any atom is 0.328 e. The summed E-state index contributed by atoms with van der Waals surface area (Å²) in [7, 11) is 0. The summed E-state index contributed by atoms with van der Waals surface area (Å²) in [6.45, 7) is 2.24. The number of ether oxygens (including phenoxy) is 1. The minimum absolute atomic E-state index is 0.233. The number of carboxylic acid groups (broad SMARTS) is 1. The highest BCUT2D eigenvalue weighted by Crippen LogP contribution is 2.22. The van der Waals surface area contributed by atoms with E-state index in [-0.39, 0.29) is 6.61 Å². The minimum Gasteiger partial charge on any atom is -0.490 e. The summed E-state index contributed by atoms with van der Waals surface area (Å²) >= 11 is 5.95. The molecule has 16 heavy (non-hydrogen) atoms. The second-order valence-corrected chi connectivity index (χ2v) is 3.57. The van der Waals surface area contributed by atoms with E-state index >= 15 is 0 Å².